The van der Waals surface area contributed by atoms with Gasteiger partial charge in [-0.1, -0.05) is 0 Å². The first kappa shape index (κ1) is 15.6. The van der Waals surface area contributed by atoms with E-state index in [2.05, 4.69) is 5.32 Å². The zero-order valence-corrected chi connectivity index (χ0v) is 10.9. The van der Waals surface area contributed by atoms with Crippen LogP contribution in [0.3, 0.4) is 0 Å². The first-order chi connectivity index (χ1) is 9.93. The van der Waals surface area contributed by atoms with Gasteiger partial charge in [0.2, 0.25) is 0 Å². The van der Waals surface area contributed by atoms with Crippen molar-refractivity contribution < 1.29 is 30.1 Å². The van der Waals surface area contributed by atoms with Crippen LogP contribution in [0.25, 0.3) is 0 Å². The van der Waals surface area contributed by atoms with E-state index in [0.717, 1.165) is 0 Å². The van der Waals surface area contributed by atoms with Crippen LogP contribution in [0.15, 0.2) is 24.3 Å². The average Bonchev–Trinajstić information content (AvgIpc) is 2.48. The van der Waals surface area contributed by atoms with E-state index in [1.807, 2.05) is 0 Å². The maximum Gasteiger partial charge on any atom is 0.269 e. The van der Waals surface area contributed by atoms with Crippen molar-refractivity contribution in [1.29, 1.82) is 0 Å². The number of benzene rings is 1. The SMILES string of the molecule is O=[N+]([O-])c1ccc(N[C@H]2O[C@H](CO)[C@H](O)[C@H](O)[C@H]2O)cc1. The highest BCUT2D eigenvalue weighted by atomic mass is 16.6. The van der Waals surface area contributed by atoms with Crippen molar-refractivity contribution in [3.8, 4) is 0 Å². The summed E-state index contributed by atoms with van der Waals surface area (Å²) in [6.07, 6.45) is -6.41. The van der Waals surface area contributed by atoms with E-state index in [1.54, 1.807) is 0 Å². The van der Waals surface area contributed by atoms with Crippen LogP contribution in [-0.2, 0) is 4.74 Å². The summed E-state index contributed by atoms with van der Waals surface area (Å²) in [5.74, 6) is 0. The van der Waals surface area contributed by atoms with E-state index < -0.39 is 42.2 Å². The van der Waals surface area contributed by atoms with Gasteiger partial charge < -0.3 is 30.5 Å². The molecule has 0 aromatic heterocycles. The predicted molar refractivity (Wildman–Crippen MR) is 70.5 cm³/mol. The Morgan fingerprint density at radius 3 is 2.29 bits per heavy atom. The van der Waals surface area contributed by atoms with Crippen LogP contribution in [0.2, 0.25) is 0 Å². The zero-order chi connectivity index (χ0) is 15.6. The minimum absolute atomic E-state index is 0.0886. The molecule has 1 aromatic rings. The summed E-state index contributed by atoms with van der Waals surface area (Å²) < 4.78 is 5.26. The van der Waals surface area contributed by atoms with Gasteiger partial charge in [-0.2, -0.15) is 0 Å². The fraction of sp³-hybridized carbons (Fsp3) is 0.500. The summed E-state index contributed by atoms with van der Waals surface area (Å²) in [4.78, 5) is 10.0. The van der Waals surface area contributed by atoms with Gasteiger partial charge in [-0.25, -0.2) is 0 Å². The number of aliphatic hydroxyl groups is 4. The second kappa shape index (κ2) is 6.33. The van der Waals surface area contributed by atoms with Gasteiger partial charge in [0.1, 0.15) is 24.4 Å². The quantitative estimate of drug-likeness (QED) is 0.344. The Morgan fingerprint density at radius 1 is 1.14 bits per heavy atom. The van der Waals surface area contributed by atoms with Crippen LogP contribution >= 0.6 is 0 Å². The Bertz CT molecular complexity index is 493. The standard InChI is InChI=1S/C12H16N2O7/c15-5-8-9(16)10(17)11(18)12(21-8)13-6-1-3-7(4-2-6)14(19)20/h1-4,8-13,15-18H,5H2/t8-,9+,10+,11-,12+/m1/s1. The lowest BCUT2D eigenvalue weighted by atomic mass is 9.98. The summed E-state index contributed by atoms with van der Waals surface area (Å²) in [5.41, 5.74) is 0.333. The van der Waals surface area contributed by atoms with Gasteiger partial charge in [-0.15, -0.1) is 0 Å². The molecule has 0 spiro atoms. The highest BCUT2D eigenvalue weighted by Gasteiger charge is 2.43. The number of rotatable bonds is 4. The van der Waals surface area contributed by atoms with E-state index >= 15 is 0 Å². The summed E-state index contributed by atoms with van der Waals surface area (Å²) in [7, 11) is 0. The Labute approximate surface area is 119 Å². The molecule has 0 aliphatic carbocycles. The third-order valence-electron chi connectivity index (χ3n) is 3.28. The molecule has 1 aromatic carbocycles. The highest BCUT2D eigenvalue weighted by molar-refractivity contribution is 5.49. The molecule has 1 saturated heterocycles. The molecule has 1 aliphatic rings. The van der Waals surface area contributed by atoms with E-state index in [9.17, 15) is 25.4 Å². The van der Waals surface area contributed by atoms with Crippen LogP contribution in [-0.4, -0.2) is 62.6 Å². The number of aliphatic hydroxyl groups excluding tert-OH is 4. The molecule has 0 radical (unpaired) electrons. The normalized spacial score (nSPS) is 32.7. The maximum absolute atomic E-state index is 10.5. The molecule has 1 aliphatic heterocycles. The van der Waals surface area contributed by atoms with Gasteiger partial charge in [-0.3, -0.25) is 10.1 Å². The van der Waals surface area contributed by atoms with Crippen molar-refractivity contribution >= 4 is 11.4 Å². The summed E-state index contributed by atoms with van der Waals surface area (Å²) in [5, 5.41) is 51.5. The molecule has 2 rings (SSSR count). The number of nitro benzene ring substituents is 1. The van der Waals surface area contributed by atoms with Crippen LogP contribution in [0, 0.1) is 10.1 Å². The lowest BCUT2D eigenvalue weighted by Crippen LogP contribution is -2.60. The molecule has 1 heterocycles. The monoisotopic (exact) mass is 300 g/mol. The van der Waals surface area contributed by atoms with Crippen LogP contribution < -0.4 is 5.32 Å². The Hall–Kier alpha value is -1.78. The van der Waals surface area contributed by atoms with Gasteiger partial charge in [0.15, 0.2) is 6.23 Å². The predicted octanol–water partition coefficient (Wildman–Crippen LogP) is -1.19. The molecule has 5 N–H and O–H groups in total. The van der Waals surface area contributed by atoms with E-state index in [0.29, 0.717) is 5.69 Å². The summed E-state index contributed by atoms with van der Waals surface area (Å²) in [6, 6.07) is 5.37. The van der Waals surface area contributed by atoms with Crippen LogP contribution in [0.1, 0.15) is 0 Å². The number of non-ortho nitro benzene ring substituents is 1. The molecular weight excluding hydrogens is 284 g/mol. The van der Waals surface area contributed by atoms with Crippen molar-refractivity contribution in [3.05, 3.63) is 34.4 Å². The average molecular weight is 300 g/mol. The second-order valence-electron chi connectivity index (χ2n) is 4.70. The molecule has 1 fully saturated rings. The largest absolute Gasteiger partial charge is 0.394 e. The lowest BCUT2D eigenvalue weighted by Gasteiger charge is -2.40. The third kappa shape index (κ3) is 3.28. The third-order valence-corrected chi connectivity index (χ3v) is 3.28. The van der Waals surface area contributed by atoms with Crippen LogP contribution in [0.5, 0.6) is 0 Å². The van der Waals surface area contributed by atoms with Crippen molar-refractivity contribution in [1.82, 2.24) is 0 Å². The minimum atomic E-state index is -1.48. The molecule has 0 bridgehead atoms. The maximum atomic E-state index is 10.5. The number of hydrogen-bond acceptors (Lipinski definition) is 8. The molecule has 21 heavy (non-hydrogen) atoms. The first-order valence-corrected chi connectivity index (χ1v) is 6.25. The number of ether oxygens (including phenoxy) is 1. The number of nitrogens with one attached hydrogen (secondary N) is 1. The zero-order valence-electron chi connectivity index (χ0n) is 10.9. The second-order valence-corrected chi connectivity index (χ2v) is 4.70. The smallest absolute Gasteiger partial charge is 0.269 e. The van der Waals surface area contributed by atoms with Crippen molar-refractivity contribution in [2.45, 2.75) is 30.6 Å². The Morgan fingerprint density at radius 2 is 1.76 bits per heavy atom. The first-order valence-electron chi connectivity index (χ1n) is 6.25. The number of hydrogen-bond donors (Lipinski definition) is 5. The van der Waals surface area contributed by atoms with Gasteiger partial charge in [-0.05, 0) is 12.1 Å². The molecular formula is C12H16N2O7. The van der Waals surface area contributed by atoms with Crippen molar-refractivity contribution in [3.63, 3.8) is 0 Å². The summed E-state index contributed by atoms with van der Waals surface area (Å²) in [6.45, 7) is -0.524. The molecule has 9 heteroatoms. The fourth-order valence-electron chi connectivity index (χ4n) is 2.06. The molecule has 0 amide bonds. The highest BCUT2D eigenvalue weighted by Crippen LogP contribution is 2.23. The van der Waals surface area contributed by atoms with Crippen molar-refractivity contribution in [2.24, 2.45) is 0 Å². The molecule has 116 valence electrons. The van der Waals surface area contributed by atoms with Gasteiger partial charge in [0.25, 0.3) is 5.69 Å². The van der Waals surface area contributed by atoms with E-state index in [4.69, 9.17) is 9.84 Å². The molecule has 5 atom stereocenters. The molecule has 0 saturated carbocycles. The summed E-state index contributed by atoms with van der Waals surface area (Å²) >= 11 is 0. The molecule has 9 nitrogen and oxygen atoms in total. The minimum Gasteiger partial charge on any atom is -0.394 e. The van der Waals surface area contributed by atoms with E-state index in [1.165, 1.54) is 24.3 Å². The number of anilines is 1. The van der Waals surface area contributed by atoms with Crippen molar-refractivity contribution in [2.75, 3.05) is 11.9 Å². The number of nitro groups is 1. The lowest BCUT2D eigenvalue weighted by molar-refractivity contribution is -0.384. The molecule has 0 unspecified atom stereocenters. The van der Waals surface area contributed by atoms with E-state index in [-0.39, 0.29) is 5.69 Å². The topological polar surface area (TPSA) is 145 Å². The Balaban J connectivity index is 2.08. The van der Waals surface area contributed by atoms with Gasteiger partial charge in [0.05, 0.1) is 11.5 Å². The van der Waals surface area contributed by atoms with Crippen LogP contribution in [0.4, 0.5) is 11.4 Å². The number of nitrogens with zero attached hydrogens (tertiary/aromatic N) is 1. The van der Waals surface area contributed by atoms with Gasteiger partial charge in [0, 0.05) is 17.8 Å². The van der Waals surface area contributed by atoms with Gasteiger partial charge >= 0.3 is 0 Å². The fourth-order valence-corrected chi connectivity index (χ4v) is 2.06. The Kier molecular flexibility index (Phi) is 4.70.